The lowest BCUT2D eigenvalue weighted by atomic mass is 10.0. The summed E-state index contributed by atoms with van der Waals surface area (Å²) in [6.07, 6.45) is 57.0. The molecule has 0 rings (SSSR count). The average Bonchev–Trinajstić information content (AvgIpc) is 3.24. The van der Waals surface area contributed by atoms with Crippen molar-refractivity contribution in [2.24, 2.45) is 0 Å². The molecule has 6 heteroatoms. The second-order valence-electron chi connectivity index (χ2n) is 17.4. The van der Waals surface area contributed by atoms with E-state index in [1.165, 1.54) is 148 Å². The lowest BCUT2D eigenvalue weighted by Crippen LogP contribution is -2.30. The number of allylic oxidation sites excluding steroid dienone is 6. The Labute approximate surface area is 372 Å². The van der Waals surface area contributed by atoms with Gasteiger partial charge in [-0.25, -0.2) is 0 Å². The van der Waals surface area contributed by atoms with E-state index in [1.807, 2.05) is 0 Å². The summed E-state index contributed by atoms with van der Waals surface area (Å²) < 4.78 is 16.8. The Balaban J connectivity index is 4.34. The molecule has 0 bridgehead atoms. The highest BCUT2D eigenvalue weighted by Gasteiger charge is 2.19. The van der Waals surface area contributed by atoms with Gasteiger partial charge in [-0.3, -0.25) is 14.4 Å². The first-order valence-corrected chi connectivity index (χ1v) is 26.0. The number of carbonyl (C=O) groups is 3. The molecule has 0 aliphatic heterocycles. The molecule has 0 amide bonds. The lowest BCUT2D eigenvalue weighted by molar-refractivity contribution is -0.167. The third-order valence-corrected chi connectivity index (χ3v) is 11.4. The van der Waals surface area contributed by atoms with Crippen molar-refractivity contribution < 1.29 is 28.6 Å². The van der Waals surface area contributed by atoms with Gasteiger partial charge in [-0.1, -0.05) is 237 Å². The standard InChI is InChI=1S/C54H98O6/c1-4-7-10-13-16-19-22-25-26-27-28-30-32-35-38-41-44-47-53(56)59-50-51(49-58-52(55)46-43-40-37-34-31-24-21-18-15-12-9-6-3)60-54(57)48-45-42-39-36-33-29-23-20-17-14-11-8-5-2/h8,11,17,20,29,33,51H,4-7,9-10,12-16,18-19,21-28,30-32,34-50H2,1-3H3/b11-8-,20-17-,33-29-. The fourth-order valence-electron chi connectivity index (χ4n) is 7.52. The normalized spacial score (nSPS) is 12.2. The van der Waals surface area contributed by atoms with Gasteiger partial charge >= 0.3 is 17.9 Å². The monoisotopic (exact) mass is 843 g/mol. The first-order chi connectivity index (χ1) is 29.5. The predicted molar refractivity (Wildman–Crippen MR) is 256 cm³/mol. The number of hydrogen-bond acceptors (Lipinski definition) is 6. The second-order valence-corrected chi connectivity index (χ2v) is 17.4. The van der Waals surface area contributed by atoms with Crippen molar-refractivity contribution in [1.29, 1.82) is 0 Å². The van der Waals surface area contributed by atoms with E-state index in [0.717, 1.165) is 83.5 Å². The van der Waals surface area contributed by atoms with Crippen LogP contribution in [0.25, 0.3) is 0 Å². The molecule has 60 heavy (non-hydrogen) atoms. The van der Waals surface area contributed by atoms with Crippen LogP contribution < -0.4 is 0 Å². The van der Waals surface area contributed by atoms with Gasteiger partial charge in [0.1, 0.15) is 13.2 Å². The van der Waals surface area contributed by atoms with Gasteiger partial charge in [-0.2, -0.15) is 0 Å². The first-order valence-electron chi connectivity index (χ1n) is 26.0. The maximum atomic E-state index is 12.8. The van der Waals surface area contributed by atoms with E-state index in [0.29, 0.717) is 19.3 Å². The topological polar surface area (TPSA) is 78.9 Å². The third kappa shape index (κ3) is 46.7. The Morgan fingerprint density at radius 2 is 0.650 bits per heavy atom. The van der Waals surface area contributed by atoms with Gasteiger partial charge in [-0.05, 0) is 51.4 Å². The van der Waals surface area contributed by atoms with Gasteiger partial charge < -0.3 is 14.2 Å². The smallest absolute Gasteiger partial charge is 0.306 e. The molecule has 6 nitrogen and oxygen atoms in total. The second kappa shape index (κ2) is 49.3. The van der Waals surface area contributed by atoms with Crippen molar-refractivity contribution in [2.45, 2.75) is 277 Å². The largest absolute Gasteiger partial charge is 0.462 e. The van der Waals surface area contributed by atoms with Crippen molar-refractivity contribution in [3.8, 4) is 0 Å². The maximum absolute atomic E-state index is 12.8. The molecule has 0 heterocycles. The number of hydrogen-bond donors (Lipinski definition) is 0. The van der Waals surface area contributed by atoms with E-state index in [1.54, 1.807) is 0 Å². The summed E-state index contributed by atoms with van der Waals surface area (Å²) in [6.45, 7) is 6.52. The summed E-state index contributed by atoms with van der Waals surface area (Å²) >= 11 is 0. The molecule has 0 radical (unpaired) electrons. The molecule has 1 atom stereocenters. The Morgan fingerprint density at radius 3 is 1.02 bits per heavy atom. The molecule has 0 N–H and O–H groups in total. The van der Waals surface area contributed by atoms with E-state index in [9.17, 15) is 14.4 Å². The van der Waals surface area contributed by atoms with E-state index < -0.39 is 6.10 Å². The van der Waals surface area contributed by atoms with Crippen LogP contribution in [-0.4, -0.2) is 37.2 Å². The number of rotatable bonds is 47. The Bertz CT molecular complexity index is 1020. The molecule has 0 aliphatic rings. The van der Waals surface area contributed by atoms with Crippen molar-refractivity contribution in [1.82, 2.24) is 0 Å². The third-order valence-electron chi connectivity index (χ3n) is 11.4. The highest BCUT2D eigenvalue weighted by Crippen LogP contribution is 2.16. The summed E-state index contributed by atoms with van der Waals surface area (Å²) in [4.78, 5) is 37.9. The molecule has 0 aromatic rings. The summed E-state index contributed by atoms with van der Waals surface area (Å²) in [5.74, 6) is -0.898. The van der Waals surface area contributed by atoms with Crippen LogP contribution in [0.15, 0.2) is 36.5 Å². The summed E-state index contributed by atoms with van der Waals surface area (Å²) in [7, 11) is 0. The van der Waals surface area contributed by atoms with Crippen LogP contribution in [0.2, 0.25) is 0 Å². The van der Waals surface area contributed by atoms with Gasteiger partial charge in [0.2, 0.25) is 0 Å². The molecular weight excluding hydrogens is 745 g/mol. The van der Waals surface area contributed by atoms with Crippen LogP contribution in [0.4, 0.5) is 0 Å². The predicted octanol–water partition coefficient (Wildman–Crippen LogP) is 16.9. The average molecular weight is 843 g/mol. The van der Waals surface area contributed by atoms with Crippen LogP contribution in [0.5, 0.6) is 0 Å². The Hall–Kier alpha value is -2.37. The fourth-order valence-corrected chi connectivity index (χ4v) is 7.52. The number of unbranched alkanes of at least 4 members (excludes halogenated alkanes) is 30. The van der Waals surface area contributed by atoms with Gasteiger partial charge in [0.05, 0.1) is 0 Å². The van der Waals surface area contributed by atoms with Crippen LogP contribution in [0, 0.1) is 0 Å². The maximum Gasteiger partial charge on any atom is 0.306 e. The minimum Gasteiger partial charge on any atom is -0.462 e. The lowest BCUT2D eigenvalue weighted by Gasteiger charge is -2.18. The van der Waals surface area contributed by atoms with Crippen LogP contribution >= 0.6 is 0 Å². The van der Waals surface area contributed by atoms with E-state index in [-0.39, 0.29) is 31.1 Å². The molecule has 350 valence electrons. The SMILES string of the molecule is CC/C=C\C/C=C\C/C=C\CCCCCC(=O)OC(COC(=O)CCCCCCCCCCCCCC)COC(=O)CCCCCCCCCCCCCCCCCCC. The Morgan fingerprint density at radius 1 is 0.350 bits per heavy atom. The Kier molecular flexibility index (Phi) is 47.3. The summed E-state index contributed by atoms with van der Waals surface area (Å²) in [5.41, 5.74) is 0. The van der Waals surface area contributed by atoms with Crippen LogP contribution in [-0.2, 0) is 28.6 Å². The molecule has 1 unspecified atom stereocenters. The molecule has 0 aromatic heterocycles. The van der Waals surface area contributed by atoms with Gasteiger partial charge in [0.15, 0.2) is 6.10 Å². The molecule has 0 aromatic carbocycles. The highest BCUT2D eigenvalue weighted by atomic mass is 16.6. The number of esters is 3. The van der Waals surface area contributed by atoms with E-state index >= 15 is 0 Å². The zero-order valence-corrected chi connectivity index (χ0v) is 40.0. The molecule has 0 aliphatic carbocycles. The fraction of sp³-hybridized carbons (Fsp3) is 0.833. The molecule has 0 saturated heterocycles. The number of ether oxygens (including phenoxy) is 3. The van der Waals surface area contributed by atoms with Crippen molar-refractivity contribution >= 4 is 17.9 Å². The minimum atomic E-state index is -0.781. The molecular formula is C54H98O6. The zero-order valence-electron chi connectivity index (χ0n) is 40.0. The van der Waals surface area contributed by atoms with Gasteiger partial charge in [-0.15, -0.1) is 0 Å². The quantitative estimate of drug-likeness (QED) is 0.0263. The molecule has 0 fully saturated rings. The zero-order chi connectivity index (χ0) is 43.7. The van der Waals surface area contributed by atoms with Crippen LogP contribution in [0.3, 0.4) is 0 Å². The summed E-state index contributed by atoms with van der Waals surface area (Å²) in [5, 5.41) is 0. The van der Waals surface area contributed by atoms with E-state index in [2.05, 4.69) is 57.2 Å². The molecule has 0 spiro atoms. The summed E-state index contributed by atoms with van der Waals surface area (Å²) in [6, 6.07) is 0. The van der Waals surface area contributed by atoms with Gasteiger partial charge in [0, 0.05) is 19.3 Å². The van der Waals surface area contributed by atoms with Crippen molar-refractivity contribution in [3.63, 3.8) is 0 Å². The highest BCUT2D eigenvalue weighted by molar-refractivity contribution is 5.71. The first kappa shape index (κ1) is 57.6. The molecule has 0 saturated carbocycles. The minimum absolute atomic E-state index is 0.0798. The van der Waals surface area contributed by atoms with Crippen molar-refractivity contribution in [2.75, 3.05) is 13.2 Å². The van der Waals surface area contributed by atoms with Crippen LogP contribution in [0.1, 0.15) is 271 Å². The van der Waals surface area contributed by atoms with Crippen molar-refractivity contribution in [3.05, 3.63) is 36.5 Å². The number of carbonyl (C=O) groups excluding carboxylic acids is 3. The van der Waals surface area contributed by atoms with Gasteiger partial charge in [0.25, 0.3) is 0 Å². The van der Waals surface area contributed by atoms with E-state index in [4.69, 9.17) is 14.2 Å².